The molecule has 7 nitrogen and oxygen atoms in total. The maximum atomic E-state index is 14.2. The Morgan fingerprint density at radius 2 is 1.79 bits per heavy atom. The van der Waals surface area contributed by atoms with Gasteiger partial charge in [-0.15, -0.1) is 0 Å². The summed E-state index contributed by atoms with van der Waals surface area (Å²) < 4.78 is 19.4. The lowest BCUT2D eigenvalue weighted by molar-refractivity contribution is -0.139. The number of rotatable bonds is 8. The van der Waals surface area contributed by atoms with Crippen LogP contribution in [0.2, 0.25) is 0 Å². The molecule has 0 radical (unpaired) electrons. The highest BCUT2D eigenvalue weighted by molar-refractivity contribution is 7.07. The molecule has 4 aromatic carbocycles. The van der Waals surface area contributed by atoms with Gasteiger partial charge in [-0.05, 0) is 60.0 Å². The molecule has 1 aromatic heterocycles. The van der Waals surface area contributed by atoms with Crippen molar-refractivity contribution in [3.05, 3.63) is 139 Å². The van der Waals surface area contributed by atoms with Crippen LogP contribution in [-0.4, -0.2) is 24.3 Å². The van der Waals surface area contributed by atoms with Gasteiger partial charge in [-0.3, -0.25) is 9.36 Å². The summed E-state index contributed by atoms with van der Waals surface area (Å²) in [7, 11) is 1.59. The second-order valence-corrected chi connectivity index (χ2v) is 11.1. The van der Waals surface area contributed by atoms with Crippen molar-refractivity contribution in [3.63, 3.8) is 0 Å². The lowest BCUT2D eigenvalue weighted by Crippen LogP contribution is -2.40. The minimum Gasteiger partial charge on any atom is -0.496 e. The SMILES string of the molecule is CCOC(=O)C1=C(C)N=c2s/c(=C/c3cccc(OCc4ccccc4)c3)c(=O)n2[C@H]1c1c(OC)ccc2ccccc12. The molecule has 0 fully saturated rings. The van der Waals surface area contributed by atoms with E-state index in [1.54, 1.807) is 25.5 Å². The average Bonchev–Trinajstić information content (AvgIpc) is 3.33. The Morgan fingerprint density at radius 1 is 1.00 bits per heavy atom. The van der Waals surface area contributed by atoms with Crippen molar-refractivity contribution in [2.24, 2.45) is 4.99 Å². The van der Waals surface area contributed by atoms with Crippen LogP contribution in [0, 0.1) is 0 Å². The standard InChI is InChI=1S/C35H30N2O5S/c1-4-41-34(39)30-22(2)36-35-37(32(30)31-27-16-9-8-14-25(27)17-18-28(31)40-3)33(38)29(43-35)20-24-13-10-15-26(19-24)42-21-23-11-6-5-7-12-23/h5-20,32H,4,21H2,1-3H3/b29-20+/t32-/m1/s1. The maximum absolute atomic E-state index is 14.2. The number of carbonyl (C=O) groups is 1. The Labute approximate surface area is 252 Å². The number of methoxy groups -OCH3 is 1. The first-order chi connectivity index (χ1) is 21.0. The zero-order valence-corrected chi connectivity index (χ0v) is 24.9. The second-order valence-electron chi connectivity index (χ2n) is 10.1. The molecule has 0 spiro atoms. The van der Waals surface area contributed by atoms with E-state index in [-0.39, 0.29) is 12.2 Å². The third kappa shape index (κ3) is 5.49. The zero-order chi connectivity index (χ0) is 29.9. The fourth-order valence-corrected chi connectivity index (χ4v) is 6.43. The number of nitrogens with zero attached hydrogens (tertiary/aromatic N) is 2. The van der Waals surface area contributed by atoms with Gasteiger partial charge < -0.3 is 14.2 Å². The van der Waals surface area contributed by atoms with Crippen molar-refractivity contribution in [1.29, 1.82) is 0 Å². The highest BCUT2D eigenvalue weighted by Gasteiger charge is 2.36. The molecular formula is C35H30N2O5S. The molecule has 8 heteroatoms. The minimum absolute atomic E-state index is 0.197. The number of hydrogen-bond donors (Lipinski definition) is 0. The molecule has 0 saturated heterocycles. The molecule has 0 amide bonds. The predicted molar refractivity (Wildman–Crippen MR) is 168 cm³/mol. The molecule has 2 heterocycles. The summed E-state index contributed by atoms with van der Waals surface area (Å²) in [6.45, 7) is 4.17. The normalized spacial score (nSPS) is 14.8. The van der Waals surface area contributed by atoms with Crippen LogP contribution in [0.4, 0.5) is 0 Å². The van der Waals surface area contributed by atoms with E-state index in [2.05, 4.69) is 0 Å². The number of thiazole rings is 1. The van der Waals surface area contributed by atoms with Crippen LogP contribution >= 0.6 is 11.3 Å². The van der Waals surface area contributed by atoms with Crippen LogP contribution in [0.25, 0.3) is 16.8 Å². The topological polar surface area (TPSA) is 79.1 Å². The number of esters is 1. The predicted octanol–water partition coefficient (Wildman–Crippen LogP) is 5.54. The minimum atomic E-state index is -0.793. The molecule has 1 aliphatic rings. The van der Waals surface area contributed by atoms with E-state index in [0.717, 1.165) is 21.9 Å². The first kappa shape index (κ1) is 28.2. The van der Waals surface area contributed by atoms with Crippen molar-refractivity contribution < 1.29 is 19.0 Å². The van der Waals surface area contributed by atoms with Crippen LogP contribution < -0.4 is 24.4 Å². The number of hydrogen-bond acceptors (Lipinski definition) is 7. The number of fused-ring (bicyclic) bond motifs is 2. The molecule has 43 heavy (non-hydrogen) atoms. The molecule has 1 atom stereocenters. The summed E-state index contributed by atoms with van der Waals surface area (Å²) in [5.74, 6) is 0.753. The van der Waals surface area contributed by atoms with Crippen LogP contribution in [0.3, 0.4) is 0 Å². The van der Waals surface area contributed by atoms with Crippen molar-refractivity contribution in [3.8, 4) is 11.5 Å². The van der Waals surface area contributed by atoms with Gasteiger partial charge in [0.1, 0.15) is 24.1 Å². The molecule has 0 N–H and O–H groups in total. The highest BCUT2D eigenvalue weighted by atomic mass is 32.1. The summed E-state index contributed by atoms with van der Waals surface area (Å²) >= 11 is 1.28. The Morgan fingerprint density at radius 3 is 2.58 bits per heavy atom. The smallest absolute Gasteiger partial charge is 0.338 e. The van der Waals surface area contributed by atoms with Gasteiger partial charge in [0.2, 0.25) is 0 Å². The summed E-state index contributed by atoms with van der Waals surface area (Å²) in [6, 6.07) is 28.5. The fourth-order valence-electron chi connectivity index (χ4n) is 5.39. The Balaban J connectivity index is 1.50. The highest BCUT2D eigenvalue weighted by Crippen LogP contribution is 2.40. The molecule has 6 rings (SSSR count). The Hall–Kier alpha value is -4.95. The number of benzene rings is 4. The van der Waals surface area contributed by atoms with Gasteiger partial charge in [0.05, 0.1) is 29.5 Å². The van der Waals surface area contributed by atoms with E-state index in [0.29, 0.717) is 44.3 Å². The molecule has 0 bridgehead atoms. The largest absolute Gasteiger partial charge is 0.496 e. The summed E-state index contributed by atoms with van der Waals surface area (Å²) in [4.78, 5) is 32.9. The number of aromatic nitrogens is 1. The van der Waals surface area contributed by atoms with Crippen molar-refractivity contribution in [2.75, 3.05) is 13.7 Å². The lowest BCUT2D eigenvalue weighted by Gasteiger charge is -2.27. The lowest BCUT2D eigenvalue weighted by atomic mass is 9.90. The zero-order valence-electron chi connectivity index (χ0n) is 24.1. The van der Waals surface area contributed by atoms with Gasteiger partial charge in [0.25, 0.3) is 5.56 Å². The van der Waals surface area contributed by atoms with Crippen molar-refractivity contribution in [1.82, 2.24) is 4.57 Å². The second kappa shape index (κ2) is 12.1. The van der Waals surface area contributed by atoms with Crippen molar-refractivity contribution in [2.45, 2.75) is 26.5 Å². The Kier molecular flexibility index (Phi) is 7.94. The van der Waals surface area contributed by atoms with E-state index >= 15 is 0 Å². The molecule has 216 valence electrons. The van der Waals surface area contributed by atoms with Crippen LogP contribution in [0.5, 0.6) is 11.5 Å². The van der Waals surface area contributed by atoms with Crippen LogP contribution in [0.15, 0.2) is 112 Å². The summed E-state index contributed by atoms with van der Waals surface area (Å²) in [5.41, 5.74) is 3.15. The Bertz CT molecular complexity index is 2040. The summed E-state index contributed by atoms with van der Waals surface area (Å²) in [5, 5.41) is 1.84. The average molecular weight is 591 g/mol. The molecule has 1 aliphatic heterocycles. The van der Waals surface area contributed by atoms with Gasteiger partial charge in [0, 0.05) is 5.56 Å². The molecule has 5 aromatic rings. The van der Waals surface area contributed by atoms with E-state index in [1.165, 1.54) is 11.3 Å². The van der Waals surface area contributed by atoms with Crippen LogP contribution in [0.1, 0.15) is 36.6 Å². The van der Waals surface area contributed by atoms with E-state index < -0.39 is 12.0 Å². The quantitative estimate of drug-likeness (QED) is 0.222. The molecule has 0 unspecified atom stereocenters. The number of ether oxygens (including phenoxy) is 3. The summed E-state index contributed by atoms with van der Waals surface area (Å²) in [6.07, 6.45) is 1.83. The first-order valence-electron chi connectivity index (χ1n) is 14.0. The first-order valence-corrected chi connectivity index (χ1v) is 14.8. The monoisotopic (exact) mass is 590 g/mol. The van der Waals surface area contributed by atoms with E-state index in [9.17, 15) is 9.59 Å². The number of allylic oxidation sites excluding steroid dienone is 1. The molecule has 0 saturated carbocycles. The van der Waals surface area contributed by atoms with Gasteiger partial charge in [0.15, 0.2) is 4.80 Å². The third-order valence-corrected chi connectivity index (χ3v) is 8.33. The van der Waals surface area contributed by atoms with Gasteiger partial charge in [-0.2, -0.15) is 0 Å². The van der Waals surface area contributed by atoms with E-state index in [4.69, 9.17) is 19.2 Å². The van der Waals surface area contributed by atoms with Crippen LogP contribution in [-0.2, 0) is 16.1 Å². The van der Waals surface area contributed by atoms with Gasteiger partial charge in [-0.25, -0.2) is 9.79 Å². The third-order valence-electron chi connectivity index (χ3n) is 7.35. The number of carbonyl (C=O) groups excluding carboxylic acids is 1. The van der Waals surface area contributed by atoms with Gasteiger partial charge in [-0.1, -0.05) is 84.1 Å². The van der Waals surface area contributed by atoms with E-state index in [1.807, 2.05) is 97.1 Å². The maximum Gasteiger partial charge on any atom is 0.338 e. The fraction of sp³-hybridized carbons (Fsp3) is 0.171. The van der Waals surface area contributed by atoms with Crippen molar-refractivity contribution >= 4 is 34.2 Å². The van der Waals surface area contributed by atoms with Gasteiger partial charge >= 0.3 is 5.97 Å². The molecule has 0 aliphatic carbocycles. The molecular weight excluding hydrogens is 560 g/mol.